The molecule has 2 aromatic carbocycles. The molecule has 40 heavy (non-hydrogen) atoms. The lowest BCUT2D eigenvalue weighted by Crippen LogP contribution is -2.33. The van der Waals surface area contributed by atoms with E-state index in [1.807, 2.05) is 45.0 Å². The largest absolute Gasteiger partial charge is 0.494 e. The van der Waals surface area contributed by atoms with Gasteiger partial charge in [-0.25, -0.2) is 13.4 Å². The molecule has 0 bridgehead atoms. The molecular formula is C30H36N4O4S2. The predicted molar refractivity (Wildman–Crippen MR) is 161 cm³/mol. The third-order valence-electron chi connectivity index (χ3n) is 6.71. The van der Waals surface area contributed by atoms with Crippen LogP contribution in [0.25, 0.3) is 10.2 Å². The number of aromatic nitrogens is 2. The predicted octanol–water partition coefficient (Wildman–Crippen LogP) is 6.45. The summed E-state index contributed by atoms with van der Waals surface area (Å²) in [4.78, 5) is 24.7. The maximum Gasteiger partial charge on any atom is 0.260 e. The number of benzene rings is 2. The van der Waals surface area contributed by atoms with Crippen LogP contribution in [-0.4, -0.2) is 48.8 Å². The van der Waals surface area contributed by atoms with Gasteiger partial charge in [0.25, 0.3) is 5.91 Å². The monoisotopic (exact) mass is 580 g/mol. The Labute approximate surface area is 240 Å². The van der Waals surface area contributed by atoms with Crippen LogP contribution in [0.2, 0.25) is 0 Å². The molecule has 1 amide bonds. The van der Waals surface area contributed by atoms with Crippen LogP contribution in [0.3, 0.4) is 0 Å². The van der Waals surface area contributed by atoms with Gasteiger partial charge in [-0.3, -0.25) is 14.7 Å². The summed E-state index contributed by atoms with van der Waals surface area (Å²) in [6, 6.07) is 13.8. The topological polar surface area (TPSA) is 92.7 Å². The number of methoxy groups -OCH3 is 1. The van der Waals surface area contributed by atoms with Crippen molar-refractivity contribution in [3.05, 3.63) is 77.6 Å². The van der Waals surface area contributed by atoms with Gasteiger partial charge in [0.05, 0.1) is 23.2 Å². The molecule has 4 rings (SSSR count). The molecule has 0 radical (unpaired) electrons. The molecule has 4 aromatic rings. The van der Waals surface area contributed by atoms with Crippen molar-refractivity contribution in [2.75, 3.05) is 25.1 Å². The summed E-state index contributed by atoms with van der Waals surface area (Å²) in [6.45, 7) is 7.32. The van der Waals surface area contributed by atoms with Gasteiger partial charge in [0.15, 0.2) is 5.13 Å². The number of hydrogen-bond acceptors (Lipinski definition) is 7. The van der Waals surface area contributed by atoms with E-state index >= 15 is 0 Å². The number of rotatable bonds is 13. The van der Waals surface area contributed by atoms with E-state index < -0.39 is 10.0 Å². The van der Waals surface area contributed by atoms with Crippen LogP contribution in [0.5, 0.6) is 5.75 Å². The highest BCUT2D eigenvalue weighted by Gasteiger charge is 2.26. The second-order valence-electron chi connectivity index (χ2n) is 9.65. The molecule has 0 saturated carbocycles. The number of sulfonamides is 1. The van der Waals surface area contributed by atoms with E-state index in [4.69, 9.17) is 9.72 Å². The van der Waals surface area contributed by atoms with Gasteiger partial charge in [-0.15, -0.1) is 0 Å². The third kappa shape index (κ3) is 6.51. The van der Waals surface area contributed by atoms with E-state index in [9.17, 15) is 13.2 Å². The summed E-state index contributed by atoms with van der Waals surface area (Å²) in [6.07, 6.45) is 6.83. The first-order valence-corrected chi connectivity index (χ1v) is 15.8. The van der Waals surface area contributed by atoms with E-state index in [0.717, 1.165) is 41.5 Å². The molecule has 0 unspecified atom stereocenters. The lowest BCUT2D eigenvalue weighted by atomic mass is 10.2. The van der Waals surface area contributed by atoms with Gasteiger partial charge in [0.2, 0.25) is 10.0 Å². The van der Waals surface area contributed by atoms with Gasteiger partial charge in [-0.1, -0.05) is 50.2 Å². The number of carbonyl (C=O) groups is 1. The molecular weight excluding hydrogens is 544 g/mol. The van der Waals surface area contributed by atoms with Crippen LogP contribution >= 0.6 is 11.3 Å². The second kappa shape index (κ2) is 13.3. The zero-order chi connectivity index (χ0) is 28.7. The second-order valence-corrected chi connectivity index (χ2v) is 12.6. The summed E-state index contributed by atoms with van der Waals surface area (Å²) in [7, 11) is -2.06. The van der Waals surface area contributed by atoms with E-state index in [0.29, 0.717) is 35.1 Å². The average molecular weight is 581 g/mol. The summed E-state index contributed by atoms with van der Waals surface area (Å²) < 4.78 is 34.9. The Morgan fingerprint density at radius 1 is 1.00 bits per heavy atom. The van der Waals surface area contributed by atoms with Gasteiger partial charge in [-0.2, -0.15) is 4.31 Å². The van der Waals surface area contributed by atoms with Crippen molar-refractivity contribution >= 4 is 42.6 Å². The molecule has 2 aromatic heterocycles. The summed E-state index contributed by atoms with van der Waals surface area (Å²) in [5.41, 5.74) is 2.96. The molecule has 2 heterocycles. The normalized spacial score (nSPS) is 11.7. The van der Waals surface area contributed by atoms with Gasteiger partial charge < -0.3 is 4.74 Å². The Hall–Kier alpha value is -3.34. The molecule has 0 aliphatic rings. The molecule has 0 atom stereocenters. The third-order valence-corrected chi connectivity index (χ3v) is 9.84. The number of carbonyl (C=O) groups excluding carboxylic acids is 1. The number of hydrogen-bond donors (Lipinski definition) is 0. The zero-order valence-corrected chi connectivity index (χ0v) is 25.1. The minimum Gasteiger partial charge on any atom is -0.494 e. The van der Waals surface area contributed by atoms with Crippen LogP contribution in [0.1, 0.15) is 61.0 Å². The fourth-order valence-electron chi connectivity index (χ4n) is 4.37. The number of ether oxygens (including phenoxy) is 1. The number of amides is 1. The number of aryl methyl sites for hydroxylation is 1. The molecule has 0 spiro atoms. The first-order valence-electron chi connectivity index (χ1n) is 13.5. The maximum absolute atomic E-state index is 13.9. The lowest BCUT2D eigenvalue weighted by Gasteiger charge is -2.22. The number of nitrogens with zero attached hydrogens (tertiary/aromatic N) is 4. The Morgan fingerprint density at radius 3 is 2.30 bits per heavy atom. The van der Waals surface area contributed by atoms with E-state index in [1.165, 1.54) is 23.5 Å². The molecule has 0 N–H and O–H groups in total. The van der Waals surface area contributed by atoms with Gasteiger partial charge in [0.1, 0.15) is 11.3 Å². The average Bonchev–Trinajstić information content (AvgIpc) is 3.42. The highest BCUT2D eigenvalue weighted by molar-refractivity contribution is 7.89. The molecule has 0 aliphatic carbocycles. The Bertz CT molecular complexity index is 1530. The maximum atomic E-state index is 13.9. The molecule has 0 fully saturated rings. The zero-order valence-electron chi connectivity index (χ0n) is 23.5. The van der Waals surface area contributed by atoms with Crippen LogP contribution < -0.4 is 9.64 Å². The minimum atomic E-state index is -3.66. The van der Waals surface area contributed by atoms with Gasteiger partial charge in [-0.05, 0) is 67.3 Å². The van der Waals surface area contributed by atoms with Crippen molar-refractivity contribution in [3.63, 3.8) is 0 Å². The van der Waals surface area contributed by atoms with E-state index in [2.05, 4.69) is 4.98 Å². The lowest BCUT2D eigenvalue weighted by molar-refractivity contribution is 0.0985. The molecule has 8 nitrogen and oxygen atoms in total. The van der Waals surface area contributed by atoms with Crippen LogP contribution in [0, 0.1) is 6.92 Å². The fraction of sp³-hybridized carbons (Fsp3) is 0.367. The smallest absolute Gasteiger partial charge is 0.260 e. The highest BCUT2D eigenvalue weighted by Crippen LogP contribution is 2.37. The summed E-state index contributed by atoms with van der Waals surface area (Å²) in [5, 5.41) is 0.526. The minimum absolute atomic E-state index is 0.190. The Balaban J connectivity index is 1.69. The van der Waals surface area contributed by atoms with Crippen molar-refractivity contribution in [1.82, 2.24) is 14.3 Å². The highest BCUT2D eigenvalue weighted by atomic mass is 32.2. The number of unbranched alkanes of at least 4 members (excludes halogenated alkanes) is 2. The SMILES string of the molecule is CCCCN(CCCC)S(=O)(=O)c1ccc(C(=O)N(Cc2cccnc2)c2nc3c(OC)ccc(C)c3s2)cc1. The van der Waals surface area contributed by atoms with Crippen LogP contribution in [-0.2, 0) is 16.6 Å². The number of anilines is 1. The summed E-state index contributed by atoms with van der Waals surface area (Å²) in [5.74, 6) is 0.361. The van der Waals surface area contributed by atoms with Crippen molar-refractivity contribution < 1.29 is 17.9 Å². The van der Waals surface area contributed by atoms with Crippen molar-refractivity contribution in [2.24, 2.45) is 0 Å². The number of thiazole rings is 1. The number of fused-ring (bicyclic) bond motifs is 1. The molecule has 0 saturated heterocycles. The Morgan fingerprint density at radius 2 is 1.70 bits per heavy atom. The van der Waals surface area contributed by atoms with Crippen LogP contribution in [0.4, 0.5) is 5.13 Å². The molecule has 10 heteroatoms. The number of pyridine rings is 1. The van der Waals surface area contributed by atoms with Gasteiger partial charge in [0, 0.05) is 31.0 Å². The van der Waals surface area contributed by atoms with Crippen molar-refractivity contribution in [2.45, 2.75) is 57.9 Å². The van der Waals surface area contributed by atoms with E-state index in [-0.39, 0.29) is 17.3 Å². The Kier molecular flexibility index (Phi) is 9.89. The first kappa shape index (κ1) is 29.6. The van der Waals surface area contributed by atoms with Crippen molar-refractivity contribution in [3.8, 4) is 5.75 Å². The molecule has 0 aliphatic heterocycles. The standard InChI is InChI=1S/C30H36N4O4S2/c1-5-7-18-33(19-8-6-2)40(36,37)25-14-12-24(13-15-25)29(35)34(21-23-10-9-17-31-20-23)30-32-27-26(38-4)16-11-22(3)28(27)39-30/h9-17,20H,5-8,18-19,21H2,1-4H3. The molecule has 212 valence electrons. The first-order chi connectivity index (χ1) is 19.3. The van der Waals surface area contributed by atoms with Crippen molar-refractivity contribution in [1.29, 1.82) is 0 Å². The van der Waals surface area contributed by atoms with Gasteiger partial charge >= 0.3 is 0 Å². The van der Waals surface area contributed by atoms with Crippen LogP contribution in [0.15, 0.2) is 65.8 Å². The van der Waals surface area contributed by atoms with E-state index in [1.54, 1.807) is 40.8 Å². The quantitative estimate of drug-likeness (QED) is 0.181. The summed E-state index contributed by atoms with van der Waals surface area (Å²) >= 11 is 1.42. The fourth-order valence-corrected chi connectivity index (χ4v) is 6.94.